The van der Waals surface area contributed by atoms with Gasteiger partial charge >= 0.3 is 0 Å². The molecule has 31 heavy (non-hydrogen) atoms. The normalized spacial score (nSPS) is 13.4. The molecule has 0 saturated carbocycles. The zero-order chi connectivity index (χ0) is 21.8. The van der Waals surface area contributed by atoms with Crippen molar-refractivity contribution in [2.24, 2.45) is 0 Å². The molecule has 7 nitrogen and oxygen atoms in total. The van der Waals surface area contributed by atoms with Crippen molar-refractivity contribution in [1.29, 1.82) is 0 Å². The van der Waals surface area contributed by atoms with E-state index in [2.05, 4.69) is 21.0 Å². The van der Waals surface area contributed by atoms with Gasteiger partial charge in [-0.2, -0.15) is 0 Å². The summed E-state index contributed by atoms with van der Waals surface area (Å²) in [6.07, 6.45) is 7.26. The zero-order valence-electron chi connectivity index (χ0n) is 17.5. The first-order chi connectivity index (χ1) is 15.0. The van der Waals surface area contributed by atoms with Crippen LogP contribution in [0.3, 0.4) is 0 Å². The molecule has 0 atom stereocenters. The summed E-state index contributed by atoms with van der Waals surface area (Å²) in [6, 6.07) is 5.35. The third kappa shape index (κ3) is 4.99. The van der Waals surface area contributed by atoms with Crippen LogP contribution in [-0.2, 0) is 18.6 Å². The predicted molar refractivity (Wildman–Crippen MR) is 120 cm³/mol. The van der Waals surface area contributed by atoms with E-state index in [1.54, 1.807) is 18.3 Å². The Hall–Kier alpha value is -2.65. The number of aryl methyl sites for hydroxylation is 4. The van der Waals surface area contributed by atoms with E-state index >= 15 is 0 Å². The highest BCUT2D eigenvalue weighted by molar-refractivity contribution is 7.98. The summed E-state index contributed by atoms with van der Waals surface area (Å²) in [5.41, 5.74) is 8.57. The van der Waals surface area contributed by atoms with Crippen molar-refractivity contribution in [1.82, 2.24) is 21.0 Å². The molecule has 0 spiro atoms. The summed E-state index contributed by atoms with van der Waals surface area (Å²) in [5, 5.41) is 4.54. The number of thioether (sulfide) groups is 1. The van der Waals surface area contributed by atoms with Gasteiger partial charge in [-0.05, 0) is 63.3 Å². The number of pyridine rings is 1. The van der Waals surface area contributed by atoms with Crippen LogP contribution in [0.4, 0.5) is 0 Å². The van der Waals surface area contributed by atoms with E-state index in [-0.39, 0.29) is 5.91 Å². The highest BCUT2D eigenvalue weighted by Gasteiger charge is 2.19. The summed E-state index contributed by atoms with van der Waals surface area (Å²) >= 11 is 2.95. The van der Waals surface area contributed by atoms with Crippen molar-refractivity contribution < 1.29 is 14.1 Å². The Labute approximate surface area is 189 Å². The van der Waals surface area contributed by atoms with Gasteiger partial charge in [0.2, 0.25) is 0 Å². The highest BCUT2D eigenvalue weighted by Crippen LogP contribution is 2.29. The van der Waals surface area contributed by atoms with Gasteiger partial charge < -0.3 is 4.52 Å². The Morgan fingerprint density at radius 2 is 1.97 bits per heavy atom. The second-order valence-corrected chi connectivity index (χ2v) is 9.58. The number of amides is 2. The van der Waals surface area contributed by atoms with Gasteiger partial charge in [-0.3, -0.25) is 20.4 Å². The first-order valence-corrected chi connectivity index (χ1v) is 12.0. The number of fused-ring (bicyclic) bond motifs is 1. The van der Waals surface area contributed by atoms with Crippen LogP contribution in [0.15, 0.2) is 33.9 Å². The molecular weight excluding hydrogens is 432 g/mol. The minimum atomic E-state index is -0.402. The maximum Gasteiger partial charge on any atom is 0.279 e. The summed E-state index contributed by atoms with van der Waals surface area (Å²) < 4.78 is 5.20. The first kappa shape index (κ1) is 21.6. The number of hydrazine groups is 1. The lowest BCUT2D eigenvalue weighted by Gasteiger charge is -2.09. The highest BCUT2D eigenvalue weighted by atomic mass is 32.2. The zero-order valence-corrected chi connectivity index (χ0v) is 19.1. The van der Waals surface area contributed by atoms with Gasteiger partial charge in [0.25, 0.3) is 11.8 Å². The SMILES string of the molecule is Cc1noc(C)c1CSc1ncccc1C(=O)NNC(=O)c1cc2c(s1)CCCCC2. The van der Waals surface area contributed by atoms with Crippen molar-refractivity contribution >= 4 is 34.9 Å². The number of rotatable bonds is 5. The molecule has 3 aromatic rings. The van der Waals surface area contributed by atoms with Gasteiger partial charge in [0.05, 0.1) is 16.1 Å². The lowest BCUT2D eigenvalue weighted by molar-refractivity contribution is 0.0847. The number of aromatic nitrogens is 2. The predicted octanol–water partition coefficient (Wildman–Crippen LogP) is 4.38. The van der Waals surface area contributed by atoms with Gasteiger partial charge in [0, 0.05) is 22.4 Å². The summed E-state index contributed by atoms with van der Waals surface area (Å²) in [4.78, 5) is 31.6. The second-order valence-electron chi connectivity index (χ2n) is 7.48. The van der Waals surface area contributed by atoms with Crippen molar-refractivity contribution in [2.75, 3.05) is 0 Å². The van der Waals surface area contributed by atoms with Crippen LogP contribution in [0, 0.1) is 13.8 Å². The van der Waals surface area contributed by atoms with Crippen molar-refractivity contribution in [3.05, 3.63) is 62.3 Å². The molecule has 3 heterocycles. The Balaban J connectivity index is 1.39. The fraction of sp³-hybridized carbons (Fsp3) is 0.364. The molecule has 4 rings (SSSR count). The number of nitrogens with one attached hydrogen (secondary N) is 2. The number of nitrogens with zero attached hydrogens (tertiary/aromatic N) is 2. The molecule has 162 valence electrons. The monoisotopic (exact) mass is 456 g/mol. The first-order valence-electron chi connectivity index (χ1n) is 10.2. The van der Waals surface area contributed by atoms with Gasteiger partial charge in [-0.15, -0.1) is 23.1 Å². The number of hydrogen-bond donors (Lipinski definition) is 2. The largest absolute Gasteiger partial charge is 0.361 e. The van der Waals surface area contributed by atoms with Gasteiger partial charge in [-0.1, -0.05) is 11.6 Å². The molecule has 0 radical (unpaired) electrons. The topological polar surface area (TPSA) is 97.1 Å². The number of thiophene rings is 1. The molecule has 2 amide bonds. The van der Waals surface area contributed by atoms with Crippen LogP contribution in [0.2, 0.25) is 0 Å². The Bertz CT molecular complexity index is 1060. The molecule has 0 aliphatic heterocycles. The summed E-state index contributed by atoms with van der Waals surface area (Å²) in [7, 11) is 0. The number of carbonyl (C=O) groups is 2. The molecule has 1 aliphatic carbocycles. The van der Waals surface area contributed by atoms with Crippen molar-refractivity contribution in [3.8, 4) is 0 Å². The smallest absolute Gasteiger partial charge is 0.279 e. The molecule has 2 N–H and O–H groups in total. The van der Waals surface area contributed by atoms with E-state index < -0.39 is 5.91 Å². The Kier molecular flexibility index (Phi) is 6.72. The van der Waals surface area contributed by atoms with E-state index in [1.807, 2.05) is 19.9 Å². The van der Waals surface area contributed by atoms with E-state index in [0.717, 1.165) is 36.3 Å². The standard InChI is InChI=1S/C22H24N4O3S2/c1-13-17(14(2)29-26-13)12-30-22-16(8-6-10-23-22)20(27)24-25-21(28)19-11-15-7-4-3-5-9-18(15)31-19/h6,8,10-11H,3-5,7,9,12H2,1-2H3,(H,24,27)(H,25,28). The van der Waals surface area contributed by atoms with Gasteiger partial charge in [-0.25, -0.2) is 4.98 Å². The second kappa shape index (κ2) is 9.65. The van der Waals surface area contributed by atoms with Crippen molar-refractivity contribution in [3.63, 3.8) is 0 Å². The van der Waals surface area contributed by atoms with Crippen LogP contribution in [0.5, 0.6) is 0 Å². The van der Waals surface area contributed by atoms with E-state index in [4.69, 9.17) is 4.52 Å². The average molecular weight is 457 g/mol. The molecule has 9 heteroatoms. The minimum absolute atomic E-state index is 0.291. The molecule has 3 aromatic heterocycles. The van der Waals surface area contributed by atoms with E-state index in [0.29, 0.717) is 21.2 Å². The number of hydrogen-bond acceptors (Lipinski definition) is 7. The fourth-order valence-corrected chi connectivity index (χ4v) is 5.84. The van der Waals surface area contributed by atoms with Gasteiger partial charge in [0.15, 0.2) is 0 Å². The lowest BCUT2D eigenvalue weighted by atomic mass is 10.1. The average Bonchev–Trinajstić information content (AvgIpc) is 3.25. The Morgan fingerprint density at radius 1 is 1.16 bits per heavy atom. The van der Waals surface area contributed by atoms with Crippen LogP contribution in [-0.4, -0.2) is 22.0 Å². The Morgan fingerprint density at radius 3 is 2.77 bits per heavy atom. The molecule has 0 fully saturated rings. The molecule has 0 unspecified atom stereocenters. The molecular formula is C22H24N4O3S2. The molecule has 0 saturated heterocycles. The van der Waals surface area contributed by atoms with Crippen molar-refractivity contribution in [2.45, 2.75) is 56.7 Å². The fourth-order valence-electron chi connectivity index (χ4n) is 3.55. The van der Waals surface area contributed by atoms with Crippen LogP contribution in [0.1, 0.15) is 66.8 Å². The number of carbonyl (C=O) groups excluding carboxylic acids is 2. The van der Waals surface area contributed by atoms with E-state index in [9.17, 15) is 9.59 Å². The third-order valence-corrected chi connectivity index (χ3v) is 7.58. The molecule has 1 aliphatic rings. The van der Waals surface area contributed by atoms with Crippen LogP contribution >= 0.6 is 23.1 Å². The van der Waals surface area contributed by atoms with Crippen LogP contribution < -0.4 is 10.9 Å². The lowest BCUT2D eigenvalue weighted by Crippen LogP contribution is -2.41. The van der Waals surface area contributed by atoms with E-state index in [1.165, 1.54) is 46.4 Å². The van der Waals surface area contributed by atoms with Crippen LogP contribution in [0.25, 0.3) is 0 Å². The quantitative estimate of drug-likeness (QED) is 0.336. The summed E-state index contributed by atoms with van der Waals surface area (Å²) in [6.45, 7) is 3.75. The minimum Gasteiger partial charge on any atom is -0.361 e. The summed E-state index contributed by atoms with van der Waals surface area (Å²) in [5.74, 6) is 0.653. The maximum absolute atomic E-state index is 12.7. The van der Waals surface area contributed by atoms with Gasteiger partial charge in [0.1, 0.15) is 10.8 Å². The maximum atomic E-state index is 12.7. The third-order valence-electron chi connectivity index (χ3n) is 5.31. The molecule has 0 aromatic carbocycles. The molecule has 0 bridgehead atoms.